The van der Waals surface area contributed by atoms with Crippen LogP contribution in [0.4, 0.5) is 25.1 Å². The number of anilines is 2. The minimum Gasteiger partial charge on any atom is -0.443 e. The fourth-order valence-corrected chi connectivity index (χ4v) is 6.40. The second kappa shape index (κ2) is 11.4. The van der Waals surface area contributed by atoms with E-state index in [1.54, 1.807) is 6.07 Å². The van der Waals surface area contributed by atoms with Crippen molar-refractivity contribution in [2.75, 3.05) is 22.7 Å². The summed E-state index contributed by atoms with van der Waals surface area (Å²) in [5.74, 6) is -3.10. The molecule has 1 fully saturated rings. The predicted molar refractivity (Wildman–Crippen MR) is 148 cm³/mol. The van der Waals surface area contributed by atoms with Crippen molar-refractivity contribution in [3.63, 3.8) is 0 Å². The van der Waals surface area contributed by atoms with E-state index >= 15 is 8.78 Å². The molecule has 210 valence electrons. The van der Waals surface area contributed by atoms with Gasteiger partial charge >= 0.3 is 6.09 Å². The Morgan fingerprint density at radius 1 is 1.26 bits per heavy atom. The number of halogens is 3. The first kappa shape index (κ1) is 29.2. The number of benzene rings is 2. The molecular weight excluding hydrogens is 570 g/mol. The van der Waals surface area contributed by atoms with Crippen LogP contribution in [0.2, 0.25) is 5.02 Å². The lowest BCUT2D eigenvalue weighted by Crippen LogP contribution is -2.41. The second-order valence-electron chi connectivity index (χ2n) is 10.1. The third-order valence-corrected chi connectivity index (χ3v) is 8.85. The van der Waals surface area contributed by atoms with Crippen molar-refractivity contribution < 1.29 is 26.7 Å². The Labute approximate surface area is 235 Å². The minimum atomic E-state index is -5.07. The summed E-state index contributed by atoms with van der Waals surface area (Å²) in [6, 6.07) is 7.40. The van der Waals surface area contributed by atoms with Crippen LogP contribution >= 0.6 is 22.9 Å². The van der Waals surface area contributed by atoms with Crippen molar-refractivity contribution >= 4 is 50.6 Å². The van der Waals surface area contributed by atoms with E-state index < -0.39 is 38.2 Å². The number of nitrogens with zero attached hydrogens (tertiary/aromatic N) is 3. The van der Waals surface area contributed by atoms with Gasteiger partial charge in [-0.3, -0.25) is 4.90 Å². The number of aromatic nitrogens is 1. The maximum atomic E-state index is 15.3. The third kappa shape index (κ3) is 6.34. The zero-order valence-electron chi connectivity index (χ0n) is 21.9. The first-order valence-corrected chi connectivity index (χ1v) is 15.0. The minimum absolute atomic E-state index is 0.00361. The predicted octanol–water partition coefficient (Wildman–Crippen LogP) is 6.58. The van der Waals surface area contributed by atoms with E-state index in [1.165, 1.54) is 31.7 Å². The molecule has 3 aromatic rings. The first-order valence-electron chi connectivity index (χ1n) is 12.2. The Kier molecular flexibility index (Phi) is 8.50. The molecule has 0 radical (unpaired) electrons. The Morgan fingerprint density at radius 3 is 2.46 bits per heavy atom. The summed E-state index contributed by atoms with van der Waals surface area (Å²) in [6.07, 6.45) is -0.211. The number of ether oxygens (including phenoxy) is 1. The summed E-state index contributed by atoms with van der Waals surface area (Å²) in [5, 5.41) is 4.71. The molecule has 1 aliphatic heterocycles. The highest BCUT2D eigenvalue weighted by Gasteiger charge is 2.39. The number of sulfonamides is 1. The van der Waals surface area contributed by atoms with Gasteiger partial charge in [-0.2, -0.15) is 0 Å². The van der Waals surface area contributed by atoms with Gasteiger partial charge in [0.05, 0.1) is 5.51 Å². The van der Waals surface area contributed by atoms with E-state index in [-0.39, 0.29) is 28.4 Å². The molecule has 1 N–H and O–H groups in total. The molecule has 8 nitrogen and oxygen atoms in total. The van der Waals surface area contributed by atoms with E-state index in [0.29, 0.717) is 5.02 Å². The van der Waals surface area contributed by atoms with Crippen LogP contribution in [0.3, 0.4) is 0 Å². The molecule has 39 heavy (non-hydrogen) atoms. The van der Waals surface area contributed by atoms with Gasteiger partial charge in [-0.15, -0.1) is 15.6 Å². The van der Waals surface area contributed by atoms with Crippen LogP contribution in [0.1, 0.15) is 51.3 Å². The molecule has 13 heteroatoms. The average Bonchev–Trinajstić information content (AvgIpc) is 3.28. The van der Waals surface area contributed by atoms with E-state index in [9.17, 15) is 13.2 Å². The number of hydrogen-bond acceptors (Lipinski definition) is 8. The number of carbonyl (C=O) groups excluding carboxylic acids is 1. The Bertz CT molecular complexity index is 1440. The summed E-state index contributed by atoms with van der Waals surface area (Å²) in [5.41, 5.74) is 1.98. The van der Waals surface area contributed by atoms with Crippen LogP contribution < -0.4 is 9.62 Å². The summed E-state index contributed by atoms with van der Waals surface area (Å²) >= 11 is 7.48. The highest BCUT2D eigenvalue weighted by atomic mass is 35.5. The molecule has 1 saturated heterocycles. The van der Waals surface area contributed by atoms with Gasteiger partial charge in [0.25, 0.3) is 10.0 Å². The summed E-state index contributed by atoms with van der Waals surface area (Å²) < 4.78 is 62.8. The second-order valence-corrected chi connectivity index (χ2v) is 12.9. The number of thiazole rings is 1. The van der Waals surface area contributed by atoms with Gasteiger partial charge in [0, 0.05) is 28.7 Å². The largest absolute Gasteiger partial charge is 0.443 e. The molecule has 0 unspecified atom stereocenters. The monoisotopic (exact) mass is 598 g/mol. The lowest BCUT2D eigenvalue weighted by atomic mass is 9.97. The maximum absolute atomic E-state index is 15.3. The highest BCUT2D eigenvalue weighted by Crippen LogP contribution is 2.34. The number of nitrogens with one attached hydrogen (secondary N) is 1. The molecule has 1 amide bonds. The lowest BCUT2D eigenvalue weighted by Gasteiger charge is -2.37. The molecule has 1 aliphatic rings. The molecule has 2 heterocycles. The molecular formula is C26H29ClF2N4O4S2. The smallest absolute Gasteiger partial charge is 0.430 e. The Morgan fingerprint density at radius 2 is 1.92 bits per heavy atom. The first-order chi connectivity index (χ1) is 18.3. The van der Waals surface area contributed by atoms with Crippen LogP contribution in [0, 0.1) is 11.6 Å². The zero-order chi connectivity index (χ0) is 28.5. The van der Waals surface area contributed by atoms with Crippen molar-refractivity contribution in [2.45, 2.75) is 57.2 Å². The molecule has 1 atom stereocenters. The van der Waals surface area contributed by atoms with Crippen molar-refractivity contribution in [1.82, 2.24) is 9.88 Å². The highest BCUT2D eigenvalue weighted by molar-refractivity contribution is 7.93. The van der Waals surface area contributed by atoms with E-state index in [0.717, 1.165) is 54.1 Å². The van der Waals surface area contributed by atoms with Crippen LogP contribution in [0.5, 0.6) is 0 Å². The third-order valence-electron chi connectivity index (χ3n) is 6.20. The molecule has 4 rings (SSSR count). The SMILES string of the molecule is C[C@@H](c1cccc(Cl)c1CNc1cc(F)c(S(=O)(=O)N(C(=O)OC(C)(C)C)c2cscn2)c(F)c1)N1CCC1. The van der Waals surface area contributed by atoms with Gasteiger partial charge in [0.2, 0.25) is 0 Å². The number of carbonyl (C=O) groups is 1. The summed E-state index contributed by atoms with van der Waals surface area (Å²) in [7, 11) is -5.07. The van der Waals surface area contributed by atoms with Gasteiger partial charge in [0.15, 0.2) is 10.7 Å². The van der Waals surface area contributed by atoms with E-state index in [1.807, 2.05) is 12.1 Å². The average molecular weight is 599 g/mol. The van der Waals surface area contributed by atoms with Crippen molar-refractivity contribution in [3.8, 4) is 0 Å². The van der Waals surface area contributed by atoms with Crippen LogP contribution in [0.15, 0.2) is 46.1 Å². The Hall–Kier alpha value is -2.80. The standard InChI is InChI=1S/C26H29ClF2N4O4S2/c1-16(32-9-6-10-32)18-7-5-8-20(27)19(18)13-30-17-11-21(28)24(22(29)12-17)39(35,36)33(23-14-38-15-31-23)25(34)37-26(2,3)4/h5,7-8,11-12,14-16,30H,6,9-10,13H2,1-4H3/t16-/m0/s1. The zero-order valence-corrected chi connectivity index (χ0v) is 24.3. The van der Waals surface area contributed by atoms with Gasteiger partial charge in [-0.25, -0.2) is 27.0 Å². The molecule has 0 bridgehead atoms. The van der Waals surface area contributed by atoms with Gasteiger partial charge < -0.3 is 10.1 Å². The van der Waals surface area contributed by atoms with Crippen LogP contribution in [-0.4, -0.2) is 43.1 Å². The molecule has 2 aromatic carbocycles. The fraction of sp³-hybridized carbons (Fsp3) is 0.385. The van der Waals surface area contributed by atoms with Gasteiger partial charge in [0.1, 0.15) is 17.2 Å². The summed E-state index contributed by atoms with van der Waals surface area (Å²) in [6.45, 7) is 8.79. The number of rotatable bonds is 8. The quantitative estimate of drug-likeness (QED) is 0.313. The van der Waals surface area contributed by atoms with E-state index in [2.05, 4.69) is 22.1 Å². The van der Waals surface area contributed by atoms with E-state index in [4.69, 9.17) is 16.3 Å². The number of likely N-dealkylation sites (tertiary alicyclic amines) is 1. The lowest BCUT2D eigenvalue weighted by molar-refractivity contribution is 0.0608. The fourth-order valence-electron chi connectivity index (χ4n) is 4.19. The van der Waals surface area contributed by atoms with Crippen molar-refractivity contribution in [3.05, 3.63) is 69.0 Å². The van der Waals surface area contributed by atoms with Crippen molar-refractivity contribution in [1.29, 1.82) is 0 Å². The number of amides is 1. The molecule has 0 saturated carbocycles. The Balaban J connectivity index is 1.63. The molecule has 1 aromatic heterocycles. The summed E-state index contributed by atoms with van der Waals surface area (Å²) in [4.78, 5) is 17.7. The maximum Gasteiger partial charge on any atom is 0.430 e. The van der Waals surface area contributed by atoms with Crippen LogP contribution in [-0.2, 0) is 21.3 Å². The van der Waals surface area contributed by atoms with Gasteiger partial charge in [-0.05, 0) is 76.5 Å². The van der Waals surface area contributed by atoms with Crippen LogP contribution in [0.25, 0.3) is 0 Å². The van der Waals surface area contributed by atoms with Crippen molar-refractivity contribution in [2.24, 2.45) is 0 Å². The number of hydrogen-bond donors (Lipinski definition) is 1. The topological polar surface area (TPSA) is 91.8 Å². The molecule has 0 aliphatic carbocycles. The van der Waals surface area contributed by atoms with Gasteiger partial charge in [-0.1, -0.05) is 23.7 Å². The normalized spacial score (nSPS) is 14.9. The molecule has 0 spiro atoms.